The molecular formula is C20H22F3N3O2S. The standard InChI is InChI=1S/C18H16F3N3O2S.C2H6/c1-12-2-6-14(7-3-12)16-10-17(18(19,20)21)23-24(16)15-8-4-13(5-9-15)11-27(22,25)26;1-2/h2-10H,11H2,1H3,(H2,22,25,26);1-2H3. The number of aryl methyl sites for hydroxylation is 1. The van der Waals surface area contributed by atoms with Crippen molar-refractivity contribution in [3.8, 4) is 16.9 Å². The van der Waals surface area contributed by atoms with Crippen molar-refractivity contribution in [3.63, 3.8) is 0 Å². The molecule has 0 aliphatic heterocycles. The molecule has 156 valence electrons. The highest BCUT2D eigenvalue weighted by atomic mass is 32.2. The fourth-order valence-electron chi connectivity index (χ4n) is 2.61. The van der Waals surface area contributed by atoms with E-state index in [0.717, 1.165) is 11.6 Å². The summed E-state index contributed by atoms with van der Waals surface area (Å²) in [7, 11) is -3.70. The van der Waals surface area contributed by atoms with Crippen LogP contribution in [-0.4, -0.2) is 18.2 Å². The summed E-state index contributed by atoms with van der Waals surface area (Å²) in [5, 5.41) is 8.71. The maximum Gasteiger partial charge on any atom is 0.435 e. The summed E-state index contributed by atoms with van der Waals surface area (Å²) in [5.74, 6) is -0.356. The molecule has 3 aromatic rings. The molecule has 29 heavy (non-hydrogen) atoms. The zero-order valence-electron chi connectivity index (χ0n) is 16.2. The zero-order valence-corrected chi connectivity index (χ0v) is 17.1. The van der Waals surface area contributed by atoms with Gasteiger partial charge in [0.05, 0.1) is 17.1 Å². The minimum absolute atomic E-state index is 0.279. The molecule has 0 saturated carbocycles. The Hall–Kier alpha value is -2.65. The second kappa shape index (κ2) is 8.79. The van der Waals surface area contributed by atoms with Crippen LogP contribution in [0, 0.1) is 6.92 Å². The van der Waals surface area contributed by atoms with E-state index in [2.05, 4.69) is 5.10 Å². The molecule has 1 aromatic heterocycles. The highest BCUT2D eigenvalue weighted by Gasteiger charge is 2.35. The van der Waals surface area contributed by atoms with Crippen LogP contribution in [0.2, 0.25) is 0 Å². The van der Waals surface area contributed by atoms with E-state index < -0.39 is 21.9 Å². The molecule has 3 rings (SSSR count). The van der Waals surface area contributed by atoms with Gasteiger partial charge in [0.2, 0.25) is 10.0 Å². The molecule has 1 heterocycles. The number of benzene rings is 2. The summed E-state index contributed by atoms with van der Waals surface area (Å²) >= 11 is 0. The van der Waals surface area contributed by atoms with Gasteiger partial charge in [-0.2, -0.15) is 18.3 Å². The van der Waals surface area contributed by atoms with Gasteiger partial charge in [-0.3, -0.25) is 0 Å². The Morgan fingerprint density at radius 2 is 1.55 bits per heavy atom. The van der Waals surface area contributed by atoms with Gasteiger partial charge in [0.1, 0.15) is 0 Å². The summed E-state index contributed by atoms with van der Waals surface area (Å²) in [4.78, 5) is 0. The maximum absolute atomic E-state index is 13.2. The lowest BCUT2D eigenvalue weighted by Gasteiger charge is -2.09. The van der Waals surface area contributed by atoms with Gasteiger partial charge in [-0.1, -0.05) is 55.8 Å². The van der Waals surface area contributed by atoms with Gasteiger partial charge in [-0.05, 0) is 30.7 Å². The Labute approximate surface area is 168 Å². The first kappa shape index (κ1) is 22.6. The number of hydrogen-bond acceptors (Lipinski definition) is 3. The van der Waals surface area contributed by atoms with Crippen LogP contribution < -0.4 is 5.14 Å². The number of nitrogens with two attached hydrogens (primary N) is 1. The van der Waals surface area contributed by atoms with Crippen LogP contribution in [-0.2, 0) is 22.0 Å². The van der Waals surface area contributed by atoms with E-state index in [1.165, 1.54) is 28.9 Å². The molecule has 9 heteroatoms. The van der Waals surface area contributed by atoms with Crippen molar-refractivity contribution < 1.29 is 21.6 Å². The van der Waals surface area contributed by atoms with Gasteiger partial charge in [0.15, 0.2) is 5.69 Å². The molecule has 0 unspecified atom stereocenters. The highest BCUT2D eigenvalue weighted by molar-refractivity contribution is 7.88. The number of nitrogens with zero attached hydrogens (tertiary/aromatic N) is 2. The Balaban J connectivity index is 0.00000145. The number of rotatable bonds is 4. The molecular weight excluding hydrogens is 403 g/mol. The number of alkyl halides is 3. The third-order valence-corrected chi connectivity index (χ3v) is 4.63. The monoisotopic (exact) mass is 425 g/mol. The number of aromatic nitrogens is 2. The predicted molar refractivity (Wildman–Crippen MR) is 107 cm³/mol. The SMILES string of the molecule is CC.Cc1ccc(-c2cc(C(F)(F)F)nn2-c2ccc(CS(N)(=O)=O)cc2)cc1. The first-order valence-electron chi connectivity index (χ1n) is 8.87. The number of primary sulfonamides is 1. The molecule has 0 amide bonds. The summed E-state index contributed by atoms with van der Waals surface area (Å²) in [6.07, 6.45) is -4.59. The Morgan fingerprint density at radius 3 is 2.03 bits per heavy atom. The van der Waals surface area contributed by atoms with Crippen LogP contribution in [0.3, 0.4) is 0 Å². The maximum atomic E-state index is 13.2. The molecule has 0 atom stereocenters. The quantitative estimate of drug-likeness (QED) is 0.659. The van der Waals surface area contributed by atoms with Crippen molar-refractivity contribution in [3.05, 3.63) is 71.4 Å². The Kier molecular flexibility index (Phi) is 6.86. The highest BCUT2D eigenvalue weighted by Crippen LogP contribution is 2.33. The van der Waals surface area contributed by atoms with Crippen molar-refractivity contribution in [2.75, 3.05) is 0 Å². The molecule has 0 radical (unpaired) electrons. The third-order valence-electron chi connectivity index (χ3n) is 3.90. The van der Waals surface area contributed by atoms with Gasteiger partial charge in [0.25, 0.3) is 0 Å². The van der Waals surface area contributed by atoms with E-state index in [0.29, 0.717) is 16.8 Å². The van der Waals surface area contributed by atoms with E-state index in [4.69, 9.17) is 5.14 Å². The molecule has 0 spiro atoms. The number of sulfonamides is 1. The van der Waals surface area contributed by atoms with E-state index >= 15 is 0 Å². The molecule has 5 nitrogen and oxygen atoms in total. The van der Waals surface area contributed by atoms with Crippen LogP contribution in [0.15, 0.2) is 54.6 Å². The normalized spacial score (nSPS) is 11.7. The molecule has 2 N–H and O–H groups in total. The second-order valence-corrected chi connectivity index (χ2v) is 7.78. The first-order chi connectivity index (χ1) is 13.5. The number of hydrogen-bond donors (Lipinski definition) is 1. The van der Waals surface area contributed by atoms with Crippen molar-refractivity contribution in [2.24, 2.45) is 5.14 Å². The molecule has 0 aliphatic carbocycles. The van der Waals surface area contributed by atoms with Crippen LogP contribution >= 0.6 is 0 Å². The fourth-order valence-corrected chi connectivity index (χ4v) is 3.27. The average molecular weight is 425 g/mol. The fraction of sp³-hybridized carbons (Fsp3) is 0.250. The molecule has 0 saturated heterocycles. The topological polar surface area (TPSA) is 78.0 Å². The van der Waals surface area contributed by atoms with Crippen molar-refractivity contribution in [1.82, 2.24) is 9.78 Å². The van der Waals surface area contributed by atoms with Crippen LogP contribution in [0.25, 0.3) is 16.9 Å². The average Bonchev–Trinajstić information content (AvgIpc) is 3.09. The summed E-state index contributed by atoms with van der Waals surface area (Å²) in [6.45, 7) is 5.88. The van der Waals surface area contributed by atoms with E-state index in [1.807, 2.05) is 20.8 Å². The predicted octanol–water partition coefficient (Wildman–Crippen LogP) is 4.68. The second-order valence-electron chi connectivity index (χ2n) is 6.16. The van der Waals surface area contributed by atoms with Gasteiger partial charge in [0, 0.05) is 5.56 Å². The largest absolute Gasteiger partial charge is 0.435 e. The van der Waals surface area contributed by atoms with Crippen LogP contribution in [0.4, 0.5) is 13.2 Å². The van der Waals surface area contributed by atoms with Gasteiger partial charge in [-0.15, -0.1) is 0 Å². The lowest BCUT2D eigenvalue weighted by molar-refractivity contribution is -0.141. The summed E-state index contributed by atoms with van der Waals surface area (Å²) < 4.78 is 63.0. The number of halogens is 3. The van der Waals surface area contributed by atoms with Crippen LogP contribution in [0.1, 0.15) is 30.7 Å². The van der Waals surface area contributed by atoms with Crippen molar-refractivity contribution >= 4 is 10.0 Å². The minimum atomic E-state index is -4.59. The lowest BCUT2D eigenvalue weighted by atomic mass is 10.1. The molecule has 0 fully saturated rings. The smallest absolute Gasteiger partial charge is 0.233 e. The third kappa shape index (κ3) is 5.91. The van der Waals surface area contributed by atoms with Crippen molar-refractivity contribution in [2.45, 2.75) is 32.7 Å². The Bertz CT molecular complexity index is 1060. The van der Waals surface area contributed by atoms with Gasteiger partial charge >= 0.3 is 6.18 Å². The zero-order chi connectivity index (χ0) is 21.8. The van der Waals surface area contributed by atoms with E-state index in [-0.39, 0.29) is 11.4 Å². The summed E-state index contributed by atoms with van der Waals surface area (Å²) in [5.41, 5.74) is 1.64. The molecule has 0 bridgehead atoms. The molecule has 0 aliphatic rings. The van der Waals surface area contributed by atoms with E-state index in [9.17, 15) is 21.6 Å². The minimum Gasteiger partial charge on any atom is -0.233 e. The van der Waals surface area contributed by atoms with Gasteiger partial charge in [-0.25, -0.2) is 18.2 Å². The summed E-state index contributed by atoms with van der Waals surface area (Å²) in [6, 6.07) is 14.0. The van der Waals surface area contributed by atoms with Crippen LogP contribution in [0.5, 0.6) is 0 Å². The molecule has 2 aromatic carbocycles. The van der Waals surface area contributed by atoms with Gasteiger partial charge < -0.3 is 0 Å². The van der Waals surface area contributed by atoms with E-state index in [1.54, 1.807) is 24.3 Å². The van der Waals surface area contributed by atoms with Crippen molar-refractivity contribution in [1.29, 1.82) is 0 Å². The lowest BCUT2D eigenvalue weighted by Crippen LogP contribution is -2.14. The Morgan fingerprint density at radius 1 is 1.00 bits per heavy atom. The first-order valence-corrected chi connectivity index (χ1v) is 10.6.